The molecule has 2 aromatic heterocycles. The topological polar surface area (TPSA) is 106 Å². The van der Waals surface area contributed by atoms with E-state index in [0.29, 0.717) is 34.4 Å². The van der Waals surface area contributed by atoms with Crippen LogP contribution in [-0.2, 0) is 0 Å². The Balaban J connectivity index is 1.93. The zero-order valence-electron chi connectivity index (χ0n) is 15.3. The summed E-state index contributed by atoms with van der Waals surface area (Å²) in [4.78, 5) is 25.8. The van der Waals surface area contributed by atoms with Crippen molar-refractivity contribution in [1.29, 1.82) is 0 Å². The van der Waals surface area contributed by atoms with Crippen molar-refractivity contribution in [2.45, 2.75) is 26.3 Å². The molecule has 0 bridgehead atoms. The summed E-state index contributed by atoms with van der Waals surface area (Å²) in [5.74, 6) is 0.543. The van der Waals surface area contributed by atoms with Gasteiger partial charge in [-0.1, -0.05) is 19.1 Å². The molecule has 138 valence electrons. The van der Waals surface area contributed by atoms with Gasteiger partial charge in [-0.2, -0.15) is 4.98 Å². The summed E-state index contributed by atoms with van der Waals surface area (Å²) in [6, 6.07) is 14.3. The molecular weight excluding hydrogens is 340 g/mol. The molecule has 27 heavy (non-hydrogen) atoms. The lowest BCUT2D eigenvalue weighted by Crippen LogP contribution is -2.18. The van der Waals surface area contributed by atoms with Gasteiger partial charge in [0.25, 0.3) is 5.91 Å². The van der Waals surface area contributed by atoms with Gasteiger partial charge in [-0.15, -0.1) is 0 Å². The Bertz CT molecular complexity index is 929. The fraction of sp³-hybridized carbons (Fsp3) is 0.200. The number of rotatable bonds is 6. The van der Waals surface area contributed by atoms with Crippen LogP contribution in [0.15, 0.2) is 54.7 Å². The van der Waals surface area contributed by atoms with Gasteiger partial charge in [0, 0.05) is 29.6 Å². The predicted molar refractivity (Wildman–Crippen MR) is 107 cm³/mol. The first-order chi connectivity index (χ1) is 13.0. The minimum atomic E-state index is -0.289. The van der Waals surface area contributed by atoms with Crippen LogP contribution in [0.2, 0.25) is 0 Å². The van der Waals surface area contributed by atoms with Gasteiger partial charge in [0.1, 0.15) is 5.82 Å². The minimum absolute atomic E-state index is 0.196. The molecule has 0 aliphatic heterocycles. The van der Waals surface area contributed by atoms with E-state index in [2.05, 4.69) is 32.5 Å². The highest BCUT2D eigenvalue weighted by atomic mass is 16.1. The highest BCUT2D eigenvalue weighted by Crippen LogP contribution is 2.21. The molecule has 0 aliphatic rings. The van der Waals surface area contributed by atoms with Crippen molar-refractivity contribution in [3.63, 3.8) is 0 Å². The lowest BCUT2D eigenvalue weighted by Gasteiger charge is -2.14. The Labute approximate surface area is 158 Å². The average molecular weight is 362 g/mol. The molecule has 7 heteroatoms. The number of nitrogens with two attached hydrogens (primary N) is 1. The number of aromatic nitrogens is 3. The van der Waals surface area contributed by atoms with Gasteiger partial charge >= 0.3 is 0 Å². The van der Waals surface area contributed by atoms with Crippen molar-refractivity contribution < 1.29 is 4.79 Å². The standard InChI is InChI=1S/C20H22N6O/c1-3-13(2)23-20-24-17(16-9-4-5-10-22-16)12-18(26-20)25-19(27)14-7-6-8-15(21)11-14/h4-13H,3,21H2,1-2H3,(H2,23,24,25,26,27)/t13-/m1/s1. The molecule has 0 saturated heterocycles. The molecule has 3 rings (SSSR count). The third-order valence-electron chi connectivity index (χ3n) is 4.03. The van der Waals surface area contributed by atoms with Crippen molar-refractivity contribution in [2.75, 3.05) is 16.4 Å². The highest BCUT2D eigenvalue weighted by molar-refractivity contribution is 6.04. The molecule has 0 fully saturated rings. The molecule has 0 radical (unpaired) electrons. The third kappa shape index (κ3) is 4.78. The summed E-state index contributed by atoms with van der Waals surface area (Å²) < 4.78 is 0. The summed E-state index contributed by atoms with van der Waals surface area (Å²) in [6.07, 6.45) is 2.62. The maximum Gasteiger partial charge on any atom is 0.256 e. The number of pyridine rings is 1. The monoisotopic (exact) mass is 362 g/mol. The first-order valence-corrected chi connectivity index (χ1v) is 8.79. The summed E-state index contributed by atoms with van der Waals surface area (Å²) in [7, 11) is 0. The van der Waals surface area contributed by atoms with Gasteiger partial charge in [-0.25, -0.2) is 4.98 Å². The van der Waals surface area contributed by atoms with Crippen molar-refractivity contribution in [1.82, 2.24) is 15.0 Å². The summed E-state index contributed by atoms with van der Waals surface area (Å²) in [5, 5.41) is 6.06. The number of nitrogens with one attached hydrogen (secondary N) is 2. The van der Waals surface area contributed by atoms with E-state index >= 15 is 0 Å². The van der Waals surface area contributed by atoms with Gasteiger partial charge in [0.05, 0.1) is 11.4 Å². The molecule has 0 saturated carbocycles. The van der Waals surface area contributed by atoms with E-state index in [-0.39, 0.29) is 11.9 Å². The van der Waals surface area contributed by atoms with Gasteiger partial charge in [-0.3, -0.25) is 9.78 Å². The van der Waals surface area contributed by atoms with Crippen molar-refractivity contribution in [2.24, 2.45) is 0 Å². The van der Waals surface area contributed by atoms with E-state index in [1.54, 1.807) is 36.5 Å². The second-order valence-electron chi connectivity index (χ2n) is 6.21. The Kier molecular flexibility index (Phi) is 5.61. The van der Waals surface area contributed by atoms with Crippen molar-refractivity contribution >= 4 is 23.4 Å². The Hall–Kier alpha value is -3.48. The molecule has 0 aliphatic carbocycles. The van der Waals surface area contributed by atoms with Crippen LogP contribution >= 0.6 is 0 Å². The minimum Gasteiger partial charge on any atom is -0.399 e. The number of anilines is 3. The first-order valence-electron chi connectivity index (χ1n) is 8.79. The smallest absolute Gasteiger partial charge is 0.256 e. The summed E-state index contributed by atoms with van der Waals surface area (Å²) in [6.45, 7) is 4.12. The number of benzene rings is 1. The van der Waals surface area contributed by atoms with E-state index < -0.39 is 0 Å². The van der Waals surface area contributed by atoms with Crippen LogP contribution in [0.5, 0.6) is 0 Å². The van der Waals surface area contributed by atoms with Crippen LogP contribution in [0.4, 0.5) is 17.5 Å². The number of carbonyl (C=O) groups is 1. The van der Waals surface area contributed by atoms with E-state index in [1.807, 2.05) is 25.1 Å². The van der Waals surface area contributed by atoms with E-state index in [4.69, 9.17) is 5.73 Å². The van der Waals surface area contributed by atoms with E-state index in [1.165, 1.54) is 0 Å². The molecule has 1 amide bonds. The van der Waals surface area contributed by atoms with Crippen LogP contribution in [0, 0.1) is 0 Å². The Morgan fingerprint density at radius 2 is 1.96 bits per heavy atom. The second-order valence-corrected chi connectivity index (χ2v) is 6.21. The Morgan fingerprint density at radius 1 is 1.11 bits per heavy atom. The maximum absolute atomic E-state index is 12.5. The number of amides is 1. The average Bonchev–Trinajstić information content (AvgIpc) is 2.68. The van der Waals surface area contributed by atoms with E-state index in [0.717, 1.165) is 6.42 Å². The molecule has 0 unspecified atom stereocenters. The van der Waals surface area contributed by atoms with Gasteiger partial charge < -0.3 is 16.4 Å². The first kappa shape index (κ1) is 18.3. The van der Waals surface area contributed by atoms with Crippen molar-refractivity contribution in [3.05, 3.63) is 60.3 Å². The van der Waals surface area contributed by atoms with Crippen molar-refractivity contribution in [3.8, 4) is 11.4 Å². The zero-order chi connectivity index (χ0) is 19.2. The molecular formula is C20H22N6O. The largest absolute Gasteiger partial charge is 0.399 e. The number of nitrogens with zero attached hydrogens (tertiary/aromatic N) is 3. The summed E-state index contributed by atoms with van der Waals surface area (Å²) in [5.41, 5.74) is 8.07. The Morgan fingerprint density at radius 3 is 2.67 bits per heavy atom. The normalized spacial score (nSPS) is 11.6. The number of hydrogen-bond donors (Lipinski definition) is 3. The van der Waals surface area contributed by atoms with Crippen LogP contribution < -0.4 is 16.4 Å². The predicted octanol–water partition coefficient (Wildman–Crippen LogP) is 3.58. The number of nitrogen functional groups attached to an aromatic ring is 1. The van der Waals surface area contributed by atoms with Crippen LogP contribution in [0.25, 0.3) is 11.4 Å². The highest BCUT2D eigenvalue weighted by Gasteiger charge is 2.12. The van der Waals surface area contributed by atoms with E-state index in [9.17, 15) is 4.79 Å². The SMILES string of the molecule is CC[C@@H](C)Nc1nc(NC(=O)c2cccc(N)c2)cc(-c2ccccn2)n1. The summed E-state index contributed by atoms with van der Waals surface area (Å²) >= 11 is 0. The molecule has 4 N–H and O–H groups in total. The van der Waals surface area contributed by atoms with Crippen LogP contribution in [0.3, 0.4) is 0 Å². The van der Waals surface area contributed by atoms with Crippen LogP contribution in [-0.4, -0.2) is 26.9 Å². The number of hydrogen-bond acceptors (Lipinski definition) is 6. The fourth-order valence-electron chi connectivity index (χ4n) is 2.41. The molecule has 2 heterocycles. The molecule has 1 aromatic carbocycles. The zero-order valence-corrected chi connectivity index (χ0v) is 15.3. The fourth-order valence-corrected chi connectivity index (χ4v) is 2.41. The third-order valence-corrected chi connectivity index (χ3v) is 4.03. The molecule has 0 spiro atoms. The van der Waals surface area contributed by atoms with Gasteiger partial charge in [0.15, 0.2) is 0 Å². The number of carbonyl (C=O) groups excluding carboxylic acids is 1. The lowest BCUT2D eigenvalue weighted by molar-refractivity contribution is 0.102. The molecule has 1 atom stereocenters. The quantitative estimate of drug-likeness (QED) is 0.579. The second kappa shape index (κ2) is 8.27. The maximum atomic E-state index is 12.5. The lowest BCUT2D eigenvalue weighted by atomic mass is 10.2. The van der Waals surface area contributed by atoms with Gasteiger partial charge in [-0.05, 0) is 43.7 Å². The molecule has 3 aromatic rings. The van der Waals surface area contributed by atoms with Gasteiger partial charge in [0.2, 0.25) is 5.95 Å². The van der Waals surface area contributed by atoms with Crippen LogP contribution in [0.1, 0.15) is 30.6 Å². The molecule has 7 nitrogen and oxygen atoms in total.